The van der Waals surface area contributed by atoms with Crippen LogP contribution in [0, 0.1) is 23.0 Å². The Kier molecular flexibility index (Phi) is 4.87. The van der Waals surface area contributed by atoms with Gasteiger partial charge in [0.15, 0.2) is 5.69 Å². The van der Waals surface area contributed by atoms with Gasteiger partial charge in [0, 0.05) is 12.1 Å². The van der Waals surface area contributed by atoms with E-state index in [0.717, 1.165) is 19.3 Å². The van der Waals surface area contributed by atoms with Crippen molar-refractivity contribution in [2.45, 2.75) is 26.2 Å². The Hall–Kier alpha value is -3.03. The van der Waals surface area contributed by atoms with Crippen molar-refractivity contribution in [3.8, 4) is 5.69 Å². The van der Waals surface area contributed by atoms with Crippen LogP contribution in [0.4, 0.5) is 5.69 Å². The summed E-state index contributed by atoms with van der Waals surface area (Å²) in [5, 5.41) is 18.7. The number of hydrogen-bond acceptors (Lipinski definition) is 6. The molecular formula is C17H18N4O4. The lowest BCUT2D eigenvalue weighted by atomic mass is 9.95. The van der Waals surface area contributed by atoms with Crippen molar-refractivity contribution in [3.63, 3.8) is 0 Å². The molecule has 0 saturated carbocycles. The topological polar surface area (TPSA) is 100 Å². The third-order valence-electron chi connectivity index (χ3n) is 4.20. The maximum absolute atomic E-state index is 12.3. The molecule has 0 N–H and O–H groups in total. The third-order valence-corrected chi connectivity index (χ3v) is 4.20. The van der Waals surface area contributed by atoms with Gasteiger partial charge >= 0.3 is 5.97 Å². The van der Waals surface area contributed by atoms with E-state index in [0.29, 0.717) is 23.9 Å². The minimum atomic E-state index is -0.524. The van der Waals surface area contributed by atoms with Gasteiger partial charge in [-0.05, 0) is 38.2 Å². The number of nitro groups is 1. The maximum atomic E-state index is 12.3. The van der Waals surface area contributed by atoms with Crippen molar-refractivity contribution in [2.75, 3.05) is 6.61 Å². The Morgan fingerprint density at radius 1 is 1.44 bits per heavy atom. The molecule has 1 aliphatic rings. The smallest absolute Gasteiger partial charge is 0.360 e. The van der Waals surface area contributed by atoms with Crippen LogP contribution in [0.2, 0.25) is 0 Å². The largest absolute Gasteiger partial charge is 0.461 e. The Balaban J connectivity index is 1.74. The van der Waals surface area contributed by atoms with Crippen molar-refractivity contribution < 1.29 is 14.5 Å². The molecule has 0 aliphatic heterocycles. The summed E-state index contributed by atoms with van der Waals surface area (Å²) in [6.45, 7) is 2.03. The van der Waals surface area contributed by atoms with E-state index in [1.165, 1.54) is 16.8 Å². The summed E-state index contributed by atoms with van der Waals surface area (Å²) in [5.74, 6) is -0.190. The molecule has 0 bridgehead atoms. The number of allylic oxidation sites excluding steroid dienone is 2. The Bertz CT molecular complexity index is 828. The monoisotopic (exact) mass is 342 g/mol. The fourth-order valence-corrected chi connectivity index (χ4v) is 2.77. The van der Waals surface area contributed by atoms with E-state index in [2.05, 4.69) is 22.5 Å². The highest BCUT2D eigenvalue weighted by Crippen LogP contribution is 2.20. The molecule has 1 aromatic carbocycles. The van der Waals surface area contributed by atoms with Crippen LogP contribution in [-0.2, 0) is 4.74 Å². The number of nitrogens with zero attached hydrogens (tertiary/aromatic N) is 4. The lowest BCUT2D eigenvalue weighted by molar-refractivity contribution is -0.384. The lowest BCUT2D eigenvalue weighted by Gasteiger charge is -2.17. The third kappa shape index (κ3) is 3.73. The summed E-state index contributed by atoms with van der Waals surface area (Å²) in [5.41, 5.74) is 1.02. The Morgan fingerprint density at radius 2 is 2.28 bits per heavy atom. The van der Waals surface area contributed by atoms with Crippen molar-refractivity contribution >= 4 is 11.7 Å². The van der Waals surface area contributed by atoms with Crippen molar-refractivity contribution in [2.24, 2.45) is 5.92 Å². The van der Waals surface area contributed by atoms with Crippen molar-refractivity contribution in [1.82, 2.24) is 15.0 Å². The standard InChI is InChI=1S/C17H18N4O4/c1-12-16(17(22)25-11-13-6-3-2-4-7-13)18-19-20(12)14-8-5-9-15(10-14)21(23)24/h2-3,5,8-10,13H,4,6-7,11H2,1H3. The van der Waals surface area contributed by atoms with Gasteiger partial charge in [0.05, 0.1) is 22.9 Å². The SMILES string of the molecule is Cc1c(C(=O)OCC2CC=CCC2)nnn1-c1cccc([N+](=O)[O-])c1. The molecule has 8 heteroatoms. The van der Waals surface area contributed by atoms with Gasteiger partial charge in [-0.1, -0.05) is 23.4 Å². The molecule has 0 saturated heterocycles. The van der Waals surface area contributed by atoms with Crippen LogP contribution < -0.4 is 0 Å². The van der Waals surface area contributed by atoms with E-state index >= 15 is 0 Å². The number of hydrogen-bond donors (Lipinski definition) is 0. The number of benzene rings is 1. The van der Waals surface area contributed by atoms with Gasteiger partial charge in [-0.2, -0.15) is 0 Å². The lowest BCUT2D eigenvalue weighted by Crippen LogP contribution is -2.16. The van der Waals surface area contributed by atoms with Crippen LogP contribution in [0.1, 0.15) is 35.4 Å². The highest BCUT2D eigenvalue weighted by Gasteiger charge is 2.21. The number of rotatable bonds is 5. The second kappa shape index (κ2) is 7.25. The van der Waals surface area contributed by atoms with Crippen LogP contribution in [0.15, 0.2) is 36.4 Å². The summed E-state index contributed by atoms with van der Waals surface area (Å²) in [6, 6.07) is 6.00. The molecular weight excluding hydrogens is 324 g/mol. The molecule has 2 aromatic rings. The highest BCUT2D eigenvalue weighted by molar-refractivity contribution is 5.88. The predicted octanol–water partition coefficient (Wildman–Crippen LogP) is 3.00. The quantitative estimate of drug-likeness (QED) is 0.358. The second-order valence-corrected chi connectivity index (χ2v) is 5.96. The molecule has 1 atom stereocenters. The number of esters is 1. The molecule has 1 aromatic heterocycles. The van der Waals surface area contributed by atoms with Gasteiger partial charge < -0.3 is 4.74 Å². The van der Waals surface area contributed by atoms with Crippen LogP contribution >= 0.6 is 0 Å². The average Bonchev–Trinajstić information content (AvgIpc) is 3.02. The zero-order chi connectivity index (χ0) is 17.8. The molecule has 0 fully saturated rings. The first kappa shape index (κ1) is 16.8. The van der Waals surface area contributed by atoms with Gasteiger partial charge in [0.25, 0.3) is 5.69 Å². The zero-order valence-corrected chi connectivity index (χ0v) is 13.8. The van der Waals surface area contributed by atoms with Gasteiger partial charge in [0.1, 0.15) is 0 Å². The number of aromatic nitrogens is 3. The van der Waals surface area contributed by atoms with Crippen molar-refractivity contribution in [3.05, 3.63) is 57.9 Å². The first-order valence-electron chi connectivity index (χ1n) is 8.05. The fraction of sp³-hybridized carbons (Fsp3) is 0.353. The summed E-state index contributed by atoms with van der Waals surface area (Å²) >= 11 is 0. The molecule has 1 unspecified atom stereocenters. The summed E-state index contributed by atoms with van der Waals surface area (Å²) < 4.78 is 6.76. The average molecular weight is 342 g/mol. The molecule has 0 spiro atoms. The van der Waals surface area contributed by atoms with Crippen LogP contribution in [0.25, 0.3) is 5.69 Å². The first-order chi connectivity index (χ1) is 12.1. The Labute approximate surface area is 144 Å². The summed E-state index contributed by atoms with van der Waals surface area (Å²) in [4.78, 5) is 22.7. The van der Waals surface area contributed by atoms with E-state index in [1.807, 2.05) is 0 Å². The number of non-ortho nitro benzene ring substituents is 1. The molecule has 0 radical (unpaired) electrons. The molecule has 8 nitrogen and oxygen atoms in total. The maximum Gasteiger partial charge on any atom is 0.360 e. The number of nitro benzene ring substituents is 1. The summed E-state index contributed by atoms with van der Waals surface area (Å²) in [6.07, 6.45) is 7.15. The van der Waals surface area contributed by atoms with Crippen molar-refractivity contribution in [1.29, 1.82) is 0 Å². The Morgan fingerprint density at radius 3 is 3.00 bits per heavy atom. The van der Waals surface area contributed by atoms with Crippen LogP contribution in [0.3, 0.4) is 0 Å². The van der Waals surface area contributed by atoms with Gasteiger partial charge in [-0.25, -0.2) is 9.48 Å². The fourth-order valence-electron chi connectivity index (χ4n) is 2.77. The van der Waals surface area contributed by atoms with E-state index in [4.69, 9.17) is 4.74 Å². The van der Waals surface area contributed by atoms with Gasteiger partial charge in [-0.3, -0.25) is 10.1 Å². The molecule has 0 amide bonds. The van der Waals surface area contributed by atoms with Crippen LogP contribution in [-0.4, -0.2) is 32.5 Å². The number of carbonyl (C=O) groups is 1. The molecule has 1 aliphatic carbocycles. The molecule has 25 heavy (non-hydrogen) atoms. The van der Waals surface area contributed by atoms with Gasteiger partial charge in [0.2, 0.25) is 0 Å². The summed E-state index contributed by atoms with van der Waals surface area (Å²) in [7, 11) is 0. The van der Waals surface area contributed by atoms with E-state index in [9.17, 15) is 14.9 Å². The predicted molar refractivity (Wildman–Crippen MR) is 89.5 cm³/mol. The number of ether oxygens (including phenoxy) is 1. The van der Waals surface area contributed by atoms with E-state index in [1.54, 1.807) is 19.1 Å². The minimum absolute atomic E-state index is 0.0538. The van der Waals surface area contributed by atoms with Gasteiger partial charge in [-0.15, -0.1) is 5.10 Å². The highest BCUT2D eigenvalue weighted by atomic mass is 16.6. The van der Waals surface area contributed by atoms with Crippen LogP contribution in [0.5, 0.6) is 0 Å². The second-order valence-electron chi connectivity index (χ2n) is 5.96. The molecule has 130 valence electrons. The normalized spacial score (nSPS) is 16.6. The first-order valence-corrected chi connectivity index (χ1v) is 8.05. The zero-order valence-electron chi connectivity index (χ0n) is 13.8. The number of carbonyl (C=O) groups excluding carboxylic acids is 1. The van der Waals surface area contributed by atoms with E-state index in [-0.39, 0.29) is 11.4 Å². The van der Waals surface area contributed by atoms with E-state index < -0.39 is 10.9 Å². The molecule has 3 rings (SSSR count). The molecule has 1 heterocycles. The minimum Gasteiger partial charge on any atom is -0.461 e.